The molecule has 1 heterocycles. The second kappa shape index (κ2) is 2.73. The van der Waals surface area contributed by atoms with Crippen LogP contribution in [0.15, 0.2) is 0 Å². The summed E-state index contributed by atoms with van der Waals surface area (Å²) in [5.74, 6) is -0.207. The first-order valence-electron chi connectivity index (χ1n) is 4.45. The fraction of sp³-hybridized carbons (Fsp3) is 0.889. The summed E-state index contributed by atoms with van der Waals surface area (Å²) in [6.07, 6.45) is 4.25. The van der Waals surface area contributed by atoms with Crippen LogP contribution in [0.5, 0.6) is 0 Å². The molecular weight excluding hydrogens is 156 g/mol. The van der Waals surface area contributed by atoms with Gasteiger partial charge in [-0.15, -0.1) is 0 Å². The van der Waals surface area contributed by atoms with Crippen LogP contribution < -0.4 is 0 Å². The van der Waals surface area contributed by atoms with E-state index in [4.69, 9.17) is 4.74 Å². The molecule has 1 aliphatic heterocycles. The largest absolute Gasteiger partial charge is 0.467 e. The number of methoxy groups -OCH3 is 1. The molecular formula is C9H14O3. The molecule has 0 bridgehead atoms. The standard InChI is InChI=1S/C9H14O3/c1-11-8(10)7-6-9(2-3-9)4-5-12-7/h7H,2-6H2,1H3/t7-/m0/s1. The summed E-state index contributed by atoms with van der Waals surface area (Å²) in [5.41, 5.74) is 0.455. The average molecular weight is 170 g/mol. The van der Waals surface area contributed by atoms with E-state index in [1.165, 1.54) is 20.0 Å². The van der Waals surface area contributed by atoms with Crippen LogP contribution in [0.1, 0.15) is 25.7 Å². The summed E-state index contributed by atoms with van der Waals surface area (Å²) in [6.45, 7) is 0.722. The first-order chi connectivity index (χ1) is 5.76. The van der Waals surface area contributed by atoms with Crippen LogP contribution in [-0.4, -0.2) is 25.8 Å². The smallest absolute Gasteiger partial charge is 0.334 e. The van der Waals surface area contributed by atoms with Crippen LogP contribution >= 0.6 is 0 Å². The van der Waals surface area contributed by atoms with Crippen LogP contribution in [0.4, 0.5) is 0 Å². The minimum atomic E-state index is -0.286. The molecule has 1 saturated heterocycles. The fourth-order valence-electron chi connectivity index (χ4n) is 1.89. The normalized spacial score (nSPS) is 31.6. The summed E-state index contributed by atoms with van der Waals surface area (Å²) in [4.78, 5) is 11.1. The molecule has 0 aromatic heterocycles. The van der Waals surface area contributed by atoms with Crippen molar-refractivity contribution in [3.05, 3.63) is 0 Å². The lowest BCUT2D eigenvalue weighted by Crippen LogP contribution is -2.34. The van der Waals surface area contributed by atoms with Gasteiger partial charge in [0.25, 0.3) is 0 Å². The highest BCUT2D eigenvalue weighted by Gasteiger charge is 2.48. The van der Waals surface area contributed by atoms with Crippen LogP contribution in [0.25, 0.3) is 0 Å². The lowest BCUT2D eigenvalue weighted by molar-refractivity contribution is -0.159. The Morgan fingerprint density at radius 3 is 2.83 bits per heavy atom. The van der Waals surface area contributed by atoms with Gasteiger partial charge in [0.15, 0.2) is 6.10 Å². The predicted octanol–water partition coefficient (Wildman–Crippen LogP) is 1.12. The molecule has 1 atom stereocenters. The lowest BCUT2D eigenvalue weighted by atomic mass is 9.92. The molecule has 1 spiro atoms. The van der Waals surface area contributed by atoms with E-state index in [-0.39, 0.29) is 12.1 Å². The van der Waals surface area contributed by atoms with Crippen molar-refractivity contribution in [3.8, 4) is 0 Å². The molecule has 2 fully saturated rings. The Kier molecular flexibility index (Phi) is 1.83. The number of ether oxygens (including phenoxy) is 2. The summed E-state index contributed by atoms with van der Waals surface area (Å²) in [6, 6.07) is 0. The predicted molar refractivity (Wildman–Crippen MR) is 42.7 cm³/mol. The van der Waals surface area contributed by atoms with Crippen LogP contribution in [0.3, 0.4) is 0 Å². The van der Waals surface area contributed by atoms with E-state index in [1.807, 2.05) is 0 Å². The van der Waals surface area contributed by atoms with Crippen molar-refractivity contribution in [2.75, 3.05) is 13.7 Å². The van der Waals surface area contributed by atoms with Crippen molar-refractivity contribution in [1.29, 1.82) is 0 Å². The van der Waals surface area contributed by atoms with Crippen LogP contribution in [-0.2, 0) is 14.3 Å². The minimum absolute atomic E-state index is 0.207. The monoisotopic (exact) mass is 170 g/mol. The highest BCUT2D eigenvalue weighted by Crippen LogP contribution is 2.54. The third-order valence-corrected chi connectivity index (χ3v) is 2.99. The highest BCUT2D eigenvalue weighted by molar-refractivity contribution is 5.74. The van der Waals surface area contributed by atoms with Crippen LogP contribution in [0.2, 0.25) is 0 Å². The Labute approximate surface area is 72.0 Å². The molecule has 3 nitrogen and oxygen atoms in total. The number of hydrogen-bond acceptors (Lipinski definition) is 3. The first kappa shape index (κ1) is 8.05. The number of esters is 1. The number of hydrogen-bond donors (Lipinski definition) is 0. The van der Waals surface area contributed by atoms with Crippen molar-refractivity contribution in [2.45, 2.75) is 31.8 Å². The Bertz CT molecular complexity index is 196. The van der Waals surface area contributed by atoms with E-state index < -0.39 is 0 Å². The lowest BCUT2D eigenvalue weighted by Gasteiger charge is -2.27. The molecule has 2 aliphatic rings. The molecule has 3 heteroatoms. The summed E-state index contributed by atoms with van der Waals surface area (Å²) < 4.78 is 9.98. The van der Waals surface area contributed by atoms with Gasteiger partial charge in [-0.2, -0.15) is 0 Å². The maximum atomic E-state index is 11.1. The van der Waals surface area contributed by atoms with Gasteiger partial charge in [-0.1, -0.05) is 0 Å². The summed E-state index contributed by atoms with van der Waals surface area (Å²) in [7, 11) is 1.42. The summed E-state index contributed by atoms with van der Waals surface area (Å²) in [5, 5.41) is 0. The maximum Gasteiger partial charge on any atom is 0.334 e. The van der Waals surface area contributed by atoms with E-state index in [0.29, 0.717) is 5.41 Å². The first-order valence-corrected chi connectivity index (χ1v) is 4.45. The Balaban J connectivity index is 1.94. The van der Waals surface area contributed by atoms with Gasteiger partial charge in [0, 0.05) is 6.61 Å². The van der Waals surface area contributed by atoms with Crippen LogP contribution in [0, 0.1) is 5.41 Å². The number of rotatable bonds is 1. The van der Waals surface area contributed by atoms with Crippen molar-refractivity contribution in [2.24, 2.45) is 5.41 Å². The highest BCUT2D eigenvalue weighted by atomic mass is 16.6. The average Bonchev–Trinajstić information content (AvgIpc) is 2.84. The quantitative estimate of drug-likeness (QED) is 0.553. The molecule has 0 amide bonds. The van der Waals surface area contributed by atoms with Crippen molar-refractivity contribution >= 4 is 5.97 Å². The zero-order valence-corrected chi connectivity index (χ0v) is 7.34. The zero-order chi connectivity index (χ0) is 8.60. The SMILES string of the molecule is COC(=O)[C@@H]1CC2(CCO1)CC2. The molecule has 0 aromatic carbocycles. The molecule has 0 N–H and O–H groups in total. The molecule has 0 aromatic rings. The van der Waals surface area contributed by atoms with E-state index >= 15 is 0 Å². The third kappa shape index (κ3) is 1.33. The van der Waals surface area contributed by atoms with E-state index in [9.17, 15) is 4.79 Å². The maximum absolute atomic E-state index is 11.1. The molecule has 68 valence electrons. The summed E-state index contributed by atoms with van der Waals surface area (Å²) >= 11 is 0. The van der Waals surface area contributed by atoms with Crippen molar-refractivity contribution in [1.82, 2.24) is 0 Å². The molecule has 2 rings (SSSR count). The van der Waals surface area contributed by atoms with Crippen molar-refractivity contribution in [3.63, 3.8) is 0 Å². The van der Waals surface area contributed by atoms with Gasteiger partial charge in [-0.05, 0) is 31.1 Å². The molecule has 1 aliphatic carbocycles. The second-order valence-corrected chi connectivity index (χ2v) is 3.84. The molecule has 0 radical (unpaired) electrons. The minimum Gasteiger partial charge on any atom is -0.467 e. The third-order valence-electron chi connectivity index (χ3n) is 2.99. The van der Waals surface area contributed by atoms with Crippen molar-refractivity contribution < 1.29 is 14.3 Å². The van der Waals surface area contributed by atoms with Gasteiger partial charge in [0.05, 0.1) is 7.11 Å². The van der Waals surface area contributed by atoms with Gasteiger partial charge >= 0.3 is 5.97 Å². The van der Waals surface area contributed by atoms with E-state index in [1.54, 1.807) is 0 Å². The Hall–Kier alpha value is -0.570. The topological polar surface area (TPSA) is 35.5 Å². The van der Waals surface area contributed by atoms with E-state index in [2.05, 4.69) is 4.74 Å². The van der Waals surface area contributed by atoms with Gasteiger partial charge in [-0.3, -0.25) is 0 Å². The Morgan fingerprint density at radius 2 is 2.25 bits per heavy atom. The Morgan fingerprint density at radius 1 is 1.50 bits per heavy atom. The van der Waals surface area contributed by atoms with Gasteiger partial charge in [0.2, 0.25) is 0 Å². The number of carbonyl (C=O) groups excluding carboxylic acids is 1. The van der Waals surface area contributed by atoms with Gasteiger partial charge in [-0.25, -0.2) is 4.79 Å². The fourth-order valence-corrected chi connectivity index (χ4v) is 1.89. The number of carbonyl (C=O) groups is 1. The van der Waals surface area contributed by atoms with E-state index in [0.717, 1.165) is 19.4 Å². The second-order valence-electron chi connectivity index (χ2n) is 3.84. The molecule has 12 heavy (non-hydrogen) atoms. The molecule has 1 saturated carbocycles. The van der Waals surface area contributed by atoms with Gasteiger partial charge in [0.1, 0.15) is 0 Å². The zero-order valence-electron chi connectivity index (χ0n) is 7.34. The molecule has 0 unspecified atom stereocenters. The van der Waals surface area contributed by atoms with Gasteiger partial charge < -0.3 is 9.47 Å².